The van der Waals surface area contributed by atoms with Gasteiger partial charge in [-0.2, -0.15) is 0 Å². The zero-order valence-corrected chi connectivity index (χ0v) is 10.9. The van der Waals surface area contributed by atoms with Crippen LogP contribution in [0.15, 0.2) is 0 Å². The summed E-state index contributed by atoms with van der Waals surface area (Å²) in [6.07, 6.45) is 2.18. The summed E-state index contributed by atoms with van der Waals surface area (Å²) in [5, 5.41) is 0.494. The molecule has 0 amide bonds. The third kappa shape index (κ3) is 2.77. The number of hydrogen-bond donors (Lipinski definition) is 0. The summed E-state index contributed by atoms with van der Waals surface area (Å²) in [5.74, 6) is 0.449. The summed E-state index contributed by atoms with van der Waals surface area (Å²) in [6.45, 7) is 8.77. The van der Waals surface area contributed by atoms with Gasteiger partial charge in [-0.05, 0) is 31.8 Å². The highest BCUT2D eigenvalue weighted by atomic mass is 35.5. The third-order valence-electron chi connectivity index (χ3n) is 3.46. The standard InChI is InChI=1S/C11H21Cl2N/c1-4-14(5-2)9-6-10(12)8(3)11(13)7-9/h8-11H,4-7H2,1-3H3. The minimum absolute atomic E-state index is 0.247. The van der Waals surface area contributed by atoms with E-state index in [1.807, 2.05) is 0 Å². The van der Waals surface area contributed by atoms with Gasteiger partial charge in [0.2, 0.25) is 0 Å². The average Bonchev–Trinajstić information content (AvgIpc) is 2.16. The van der Waals surface area contributed by atoms with Gasteiger partial charge in [0.05, 0.1) is 0 Å². The molecule has 0 aromatic carbocycles. The number of rotatable bonds is 3. The maximum Gasteiger partial charge on any atom is 0.0390 e. The van der Waals surface area contributed by atoms with Gasteiger partial charge in [0.1, 0.15) is 0 Å². The zero-order valence-electron chi connectivity index (χ0n) is 9.34. The maximum atomic E-state index is 6.30. The number of hydrogen-bond acceptors (Lipinski definition) is 1. The topological polar surface area (TPSA) is 3.24 Å². The quantitative estimate of drug-likeness (QED) is 0.681. The van der Waals surface area contributed by atoms with Gasteiger partial charge in [0, 0.05) is 16.8 Å². The summed E-state index contributed by atoms with van der Waals surface area (Å²) in [7, 11) is 0. The molecule has 0 saturated heterocycles. The van der Waals surface area contributed by atoms with Crippen LogP contribution in [0.3, 0.4) is 0 Å². The molecule has 0 spiro atoms. The van der Waals surface area contributed by atoms with E-state index in [-0.39, 0.29) is 10.8 Å². The average molecular weight is 238 g/mol. The Balaban J connectivity index is 2.56. The van der Waals surface area contributed by atoms with Gasteiger partial charge in [0.25, 0.3) is 0 Å². The molecule has 1 fully saturated rings. The molecule has 84 valence electrons. The van der Waals surface area contributed by atoms with E-state index >= 15 is 0 Å². The molecule has 0 aliphatic heterocycles. The van der Waals surface area contributed by atoms with E-state index in [1.165, 1.54) is 0 Å². The summed E-state index contributed by atoms with van der Waals surface area (Å²) in [5.41, 5.74) is 0. The Morgan fingerprint density at radius 3 is 1.86 bits per heavy atom. The second kappa shape index (κ2) is 5.58. The van der Waals surface area contributed by atoms with Crippen LogP contribution in [0.2, 0.25) is 0 Å². The van der Waals surface area contributed by atoms with Crippen molar-refractivity contribution >= 4 is 23.2 Å². The smallest absolute Gasteiger partial charge is 0.0390 e. The van der Waals surface area contributed by atoms with Crippen molar-refractivity contribution in [3.8, 4) is 0 Å². The van der Waals surface area contributed by atoms with Crippen LogP contribution in [0, 0.1) is 5.92 Å². The third-order valence-corrected chi connectivity index (χ3v) is 4.62. The molecule has 1 aliphatic carbocycles. The lowest BCUT2D eigenvalue weighted by Crippen LogP contribution is -2.45. The summed E-state index contributed by atoms with van der Waals surface area (Å²) in [6, 6.07) is 0.589. The lowest BCUT2D eigenvalue weighted by molar-refractivity contribution is 0.158. The van der Waals surface area contributed by atoms with E-state index in [2.05, 4.69) is 25.7 Å². The molecule has 1 nitrogen and oxygen atoms in total. The van der Waals surface area contributed by atoms with Crippen LogP contribution < -0.4 is 0 Å². The van der Waals surface area contributed by atoms with Gasteiger partial charge < -0.3 is 4.90 Å². The van der Waals surface area contributed by atoms with Gasteiger partial charge in [-0.1, -0.05) is 20.8 Å². The Morgan fingerprint density at radius 1 is 1.07 bits per heavy atom. The van der Waals surface area contributed by atoms with Gasteiger partial charge in [-0.25, -0.2) is 0 Å². The fraction of sp³-hybridized carbons (Fsp3) is 1.00. The van der Waals surface area contributed by atoms with E-state index in [0.29, 0.717) is 12.0 Å². The Labute approximate surface area is 97.7 Å². The summed E-state index contributed by atoms with van der Waals surface area (Å²) in [4.78, 5) is 2.47. The van der Waals surface area contributed by atoms with E-state index in [4.69, 9.17) is 23.2 Å². The van der Waals surface area contributed by atoms with Gasteiger partial charge >= 0.3 is 0 Å². The van der Waals surface area contributed by atoms with Crippen LogP contribution in [0.1, 0.15) is 33.6 Å². The summed E-state index contributed by atoms with van der Waals surface area (Å²) < 4.78 is 0. The minimum atomic E-state index is 0.247. The SMILES string of the molecule is CCN(CC)C1CC(Cl)C(C)C(Cl)C1. The van der Waals surface area contributed by atoms with Crippen molar-refractivity contribution in [2.24, 2.45) is 5.92 Å². The normalized spacial score (nSPS) is 39.0. The highest BCUT2D eigenvalue weighted by molar-refractivity contribution is 6.24. The van der Waals surface area contributed by atoms with Crippen molar-refractivity contribution in [1.29, 1.82) is 0 Å². The predicted molar refractivity (Wildman–Crippen MR) is 64.4 cm³/mol. The second-order valence-corrected chi connectivity index (χ2v) is 5.36. The molecule has 0 aromatic rings. The number of halogens is 2. The predicted octanol–water partition coefficient (Wildman–Crippen LogP) is 3.34. The Hall–Kier alpha value is 0.540. The highest BCUT2D eigenvalue weighted by Gasteiger charge is 2.34. The van der Waals surface area contributed by atoms with Crippen LogP contribution in [-0.2, 0) is 0 Å². The first-order valence-electron chi connectivity index (χ1n) is 5.62. The zero-order chi connectivity index (χ0) is 10.7. The molecular weight excluding hydrogens is 217 g/mol. The van der Waals surface area contributed by atoms with Crippen LogP contribution >= 0.6 is 23.2 Å². The maximum absolute atomic E-state index is 6.30. The van der Waals surface area contributed by atoms with Crippen molar-refractivity contribution < 1.29 is 0 Å². The fourth-order valence-electron chi connectivity index (χ4n) is 2.31. The molecule has 2 atom stereocenters. The van der Waals surface area contributed by atoms with Crippen molar-refractivity contribution in [2.45, 2.75) is 50.4 Å². The van der Waals surface area contributed by atoms with Gasteiger partial charge in [-0.3, -0.25) is 0 Å². The summed E-state index contributed by atoms with van der Waals surface area (Å²) >= 11 is 12.6. The molecule has 14 heavy (non-hydrogen) atoms. The first-order valence-corrected chi connectivity index (χ1v) is 6.49. The lowest BCUT2D eigenvalue weighted by atomic mass is 9.85. The molecule has 0 radical (unpaired) electrons. The van der Waals surface area contributed by atoms with Gasteiger partial charge in [-0.15, -0.1) is 23.2 Å². The number of alkyl halides is 2. The van der Waals surface area contributed by atoms with Gasteiger partial charge in [0.15, 0.2) is 0 Å². The first-order chi connectivity index (χ1) is 6.60. The van der Waals surface area contributed by atoms with E-state index < -0.39 is 0 Å². The van der Waals surface area contributed by atoms with Crippen LogP contribution in [0.4, 0.5) is 0 Å². The molecule has 1 rings (SSSR count). The molecule has 0 heterocycles. The van der Waals surface area contributed by atoms with E-state index in [9.17, 15) is 0 Å². The Morgan fingerprint density at radius 2 is 1.50 bits per heavy atom. The fourth-order valence-corrected chi connectivity index (χ4v) is 3.15. The van der Waals surface area contributed by atoms with Crippen molar-refractivity contribution in [3.63, 3.8) is 0 Å². The minimum Gasteiger partial charge on any atom is -0.301 e. The lowest BCUT2D eigenvalue weighted by Gasteiger charge is -2.40. The second-order valence-electron chi connectivity index (χ2n) is 4.24. The van der Waals surface area contributed by atoms with E-state index in [0.717, 1.165) is 25.9 Å². The molecule has 0 bridgehead atoms. The number of nitrogens with zero attached hydrogens (tertiary/aromatic N) is 1. The molecule has 2 unspecified atom stereocenters. The van der Waals surface area contributed by atoms with E-state index in [1.54, 1.807) is 0 Å². The van der Waals surface area contributed by atoms with Crippen LogP contribution in [0.5, 0.6) is 0 Å². The highest BCUT2D eigenvalue weighted by Crippen LogP contribution is 2.34. The first kappa shape index (κ1) is 12.6. The molecule has 1 aliphatic rings. The Bertz CT molecular complexity index is 159. The van der Waals surface area contributed by atoms with Crippen molar-refractivity contribution in [3.05, 3.63) is 0 Å². The molecule has 1 saturated carbocycles. The molecule has 0 aromatic heterocycles. The van der Waals surface area contributed by atoms with Crippen LogP contribution in [0.25, 0.3) is 0 Å². The van der Waals surface area contributed by atoms with Crippen molar-refractivity contribution in [1.82, 2.24) is 4.90 Å². The monoisotopic (exact) mass is 237 g/mol. The van der Waals surface area contributed by atoms with Crippen LogP contribution in [-0.4, -0.2) is 34.8 Å². The Kier molecular flexibility index (Phi) is 5.02. The molecule has 3 heteroatoms. The molecular formula is C11H21Cl2N. The van der Waals surface area contributed by atoms with Crippen molar-refractivity contribution in [2.75, 3.05) is 13.1 Å². The molecule has 0 N–H and O–H groups in total. The largest absolute Gasteiger partial charge is 0.301 e.